The van der Waals surface area contributed by atoms with Gasteiger partial charge in [0.25, 0.3) is 5.91 Å². The van der Waals surface area contributed by atoms with Gasteiger partial charge >= 0.3 is 12.1 Å². The largest absolute Gasteiger partial charge is 0.480 e. The first kappa shape index (κ1) is 19.0. The van der Waals surface area contributed by atoms with E-state index >= 15 is 0 Å². The van der Waals surface area contributed by atoms with E-state index in [1.807, 2.05) is 30.3 Å². The van der Waals surface area contributed by atoms with Crippen LogP contribution in [-0.4, -0.2) is 28.6 Å². The Balaban J connectivity index is 2.05. The lowest BCUT2D eigenvalue weighted by atomic mass is 10.0. The number of benzene rings is 2. The van der Waals surface area contributed by atoms with Crippen LogP contribution in [0.25, 0.3) is 0 Å². The molecule has 0 aliphatic carbocycles. The predicted octanol–water partition coefficient (Wildman–Crippen LogP) is 3.03. The predicted molar refractivity (Wildman–Crippen MR) is 95.9 cm³/mol. The normalized spacial score (nSPS) is 10.7. The molecule has 0 saturated heterocycles. The highest BCUT2D eigenvalue weighted by atomic mass is 16.5. The van der Waals surface area contributed by atoms with Crippen LogP contribution in [0.4, 0.5) is 10.5 Å². The van der Waals surface area contributed by atoms with Crippen LogP contribution in [-0.2, 0) is 16.1 Å². The summed E-state index contributed by atoms with van der Waals surface area (Å²) in [6.45, 7) is 2.84. The minimum absolute atomic E-state index is 0.0904. The maximum atomic E-state index is 12.4. The van der Waals surface area contributed by atoms with Crippen molar-refractivity contribution in [3.63, 3.8) is 0 Å². The van der Waals surface area contributed by atoms with Crippen molar-refractivity contribution < 1.29 is 24.2 Å². The summed E-state index contributed by atoms with van der Waals surface area (Å²) in [6.07, 6.45) is -0.716. The molecule has 0 bridgehead atoms. The topological polar surface area (TPSA) is 105 Å². The third-order valence-corrected chi connectivity index (χ3v) is 3.58. The van der Waals surface area contributed by atoms with Crippen molar-refractivity contribution >= 4 is 23.7 Å². The van der Waals surface area contributed by atoms with Gasteiger partial charge in [0.15, 0.2) is 0 Å². The second-order valence-electron chi connectivity index (χ2n) is 6.12. The van der Waals surface area contributed by atoms with Gasteiger partial charge in [0, 0.05) is 0 Å². The summed E-state index contributed by atoms with van der Waals surface area (Å²) >= 11 is 0. The molecule has 2 rings (SSSR count). The average molecular weight is 356 g/mol. The SMILES string of the molecule is CC(C)(NC(=O)c1ccccc1NC(=O)OCc1ccccc1)C(=O)O. The van der Waals surface area contributed by atoms with E-state index in [1.165, 1.54) is 26.0 Å². The molecule has 0 aliphatic rings. The highest BCUT2D eigenvalue weighted by Crippen LogP contribution is 2.17. The molecule has 0 heterocycles. The highest BCUT2D eigenvalue weighted by Gasteiger charge is 2.30. The summed E-state index contributed by atoms with van der Waals surface area (Å²) in [4.78, 5) is 35.5. The fourth-order valence-corrected chi connectivity index (χ4v) is 2.06. The minimum atomic E-state index is -1.45. The van der Waals surface area contributed by atoms with E-state index < -0.39 is 23.5 Å². The number of hydrogen-bond acceptors (Lipinski definition) is 4. The summed E-state index contributed by atoms with van der Waals surface area (Å²) in [5.74, 6) is -1.78. The molecule has 0 unspecified atom stereocenters. The third-order valence-electron chi connectivity index (χ3n) is 3.58. The van der Waals surface area contributed by atoms with Crippen LogP contribution in [0.5, 0.6) is 0 Å². The first-order valence-electron chi connectivity index (χ1n) is 7.92. The monoisotopic (exact) mass is 356 g/mol. The van der Waals surface area contributed by atoms with Gasteiger partial charge in [-0.25, -0.2) is 9.59 Å². The Kier molecular flexibility index (Phi) is 5.95. The average Bonchev–Trinajstić information content (AvgIpc) is 2.61. The number of rotatable bonds is 6. The number of nitrogens with one attached hydrogen (secondary N) is 2. The zero-order valence-electron chi connectivity index (χ0n) is 14.5. The first-order chi connectivity index (χ1) is 12.3. The van der Waals surface area contributed by atoms with Crippen molar-refractivity contribution in [2.24, 2.45) is 0 Å². The first-order valence-corrected chi connectivity index (χ1v) is 7.92. The molecule has 7 nitrogen and oxygen atoms in total. The molecular weight excluding hydrogens is 336 g/mol. The molecule has 0 aliphatic heterocycles. The molecule has 0 saturated carbocycles. The Morgan fingerprint density at radius 3 is 2.27 bits per heavy atom. The summed E-state index contributed by atoms with van der Waals surface area (Å²) in [7, 11) is 0. The van der Waals surface area contributed by atoms with Gasteiger partial charge < -0.3 is 15.2 Å². The van der Waals surface area contributed by atoms with Crippen LogP contribution in [0.1, 0.15) is 29.8 Å². The quantitative estimate of drug-likeness (QED) is 0.738. The van der Waals surface area contributed by atoms with Crippen molar-refractivity contribution in [2.45, 2.75) is 26.0 Å². The summed E-state index contributed by atoms with van der Waals surface area (Å²) in [5, 5.41) is 14.0. The minimum Gasteiger partial charge on any atom is -0.480 e. The number of carboxylic acid groups (broad SMARTS) is 1. The lowest BCUT2D eigenvalue weighted by Crippen LogP contribution is -2.49. The van der Waals surface area contributed by atoms with Crippen molar-refractivity contribution in [2.75, 3.05) is 5.32 Å². The number of hydrogen-bond donors (Lipinski definition) is 3. The molecule has 0 atom stereocenters. The van der Waals surface area contributed by atoms with Crippen LogP contribution in [0.15, 0.2) is 54.6 Å². The maximum absolute atomic E-state index is 12.4. The van der Waals surface area contributed by atoms with E-state index in [-0.39, 0.29) is 17.9 Å². The standard InChI is InChI=1S/C19H20N2O5/c1-19(2,17(23)24)21-16(22)14-10-6-7-11-15(14)20-18(25)26-12-13-8-4-3-5-9-13/h3-11H,12H2,1-2H3,(H,20,25)(H,21,22)(H,23,24). The number of carbonyl (C=O) groups is 3. The molecule has 2 aromatic carbocycles. The van der Waals surface area contributed by atoms with E-state index in [2.05, 4.69) is 10.6 Å². The van der Waals surface area contributed by atoms with E-state index in [9.17, 15) is 14.4 Å². The van der Waals surface area contributed by atoms with Crippen LogP contribution in [0, 0.1) is 0 Å². The van der Waals surface area contributed by atoms with Crippen molar-refractivity contribution in [3.8, 4) is 0 Å². The van der Waals surface area contributed by atoms with Crippen molar-refractivity contribution in [1.29, 1.82) is 0 Å². The molecule has 136 valence electrons. The molecule has 0 aromatic heterocycles. The van der Waals surface area contributed by atoms with E-state index in [0.717, 1.165) is 5.56 Å². The van der Waals surface area contributed by atoms with E-state index in [1.54, 1.807) is 12.1 Å². The Bertz CT molecular complexity index is 803. The molecule has 0 radical (unpaired) electrons. The Hall–Kier alpha value is -3.35. The maximum Gasteiger partial charge on any atom is 0.411 e. The smallest absolute Gasteiger partial charge is 0.411 e. The van der Waals surface area contributed by atoms with E-state index in [0.29, 0.717) is 0 Å². The molecule has 3 N–H and O–H groups in total. The number of carboxylic acids is 1. The summed E-state index contributed by atoms with van der Waals surface area (Å²) in [6, 6.07) is 15.4. The van der Waals surface area contributed by atoms with Gasteiger partial charge in [0.1, 0.15) is 12.1 Å². The molecule has 2 amide bonds. The Morgan fingerprint density at radius 2 is 1.62 bits per heavy atom. The van der Waals surface area contributed by atoms with Gasteiger partial charge in [-0.1, -0.05) is 42.5 Å². The number of ether oxygens (including phenoxy) is 1. The molecule has 0 spiro atoms. The zero-order chi connectivity index (χ0) is 19.2. The van der Waals surface area contributed by atoms with Gasteiger partial charge in [0.05, 0.1) is 11.3 Å². The number of aliphatic carboxylic acids is 1. The lowest BCUT2D eigenvalue weighted by Gasteiger charge is -2.21. The molecular formula is C19H20N2O5. The second kappa shape index (κ2) is 8.15. The Morgan fingerprint density at radius 1 is 1.00 bits per heavy atom. The van der Waals surface area contributed by atoms with Crippen LogP contribution < -0.4 is 10.6 Å². The van der Waals surface area contributed by atoms with Crippen LogP contribution >= 0.6 is 0 Å². The zero-order valence-corrected chi connectivity index (χ0v) is 14.5. The van der Waals surface area contributed by atoms with Gasteiger partial charge in [-0.3, -0.25) is 10.1 Å². The van der Waals surface area contributed by atoms with Gasteiger partial charge in [-0.05, 0) is 31.5 Å². The van der Waals surface area contributed by atoms with E-state index in [4.69, 9.17) is 9.84 Å². The molecule has 0 fully saturated rings. The molecule has 7 heteroatoms. The molecule has 2 aromatic rings. The van der Waals surface area contributed by atoms with Gasteiger partial charge in [-0.2, -0.15) is 0 Å². The van der Waals surface area contributed by atoms with Crippen molar-refractivity contribution in [1.82, 2.24) is 5.32 Å². The fourth-order valence-electron chi connectivity index (χ4n) is 2.06. The highest BCUT2D eigenvalue weighted by molar-refractivity contribution is 6.04. The fraction of sp³-hybridized carbons (Fsp3) is 0.211. The second-order valence-corrected chi connectivity index (χ2v) is 6.12. The van der Waals surface area contributed by atoms with Gasteiger partial charge in [0.2, 0.25) is 0 Å². The number of amides is 2. The number of para-hydroxylation sites is 1. The summed E-state index contributed by atoms with van der Waals surface area (Å²) in [5.41, 5.74) is -0.252. The number of anilines is 1. The lowest BCUT2D eigenvalue weighted by molar-refractivity contribution is -0.143. The summed E-state index contributed by atoms with van der Waals surface area (Å²) < 4.78 is 5.13. The van der Waals surface area contributed by atoms with Gasteiger partial charge in [-0.15, -0.1) is 0 Å². The van der Waals surface area contributed by atoms with Crippen LogP contribution in [0.2, 0.25) is 0 Å². The van der Waals surface area contributed by atoms with Crippen LogP contribution in [0.3, 0.4) is 0 Å². The van der Waals surface area contributed by atoms with Crippen molar-refractivity contribution in [3.05, 3.63) is 65.7 Å². The third kappa shape index (κ3) is 5.07. The number of carbonyl (C=O) groups excluding carboxylic acids is 2. The Labute approximate surface area is 151 Å². The molecule has 26 heavy (non-hydrogen) atoms.